The Morgan fingerprint density at radius 3 is 2.38 bits per heavy atom. The number of hydrogen-bond donors (Lipinski definition) is 4. The molecular weight excluding hydrogens is 434 g/mol. The number of nitrogens with zero attached hydrogens (tertiary/aromatic N) is 2. The van der Waals surface area contributed by atoms with Crippen LogP contribution in [0.4, 0.5) is 17.1 Å². The number of aromatic hydroxyl groups is 1. The van der Waals surface area contributed by atoms with E-state index in [0.717, 1.165) is 32.1 Å². The quantitative estimate of drug-likeness (QED) is 0.472. The molecule has 1 amide bonds. The maximum absolute atomic E-state index is 13.6. The first-order chi connectivity index (χ1) is 15.9. The first kappa shape index (κ1) is 25.4. The van der Waals surface area contributed by atoms with Gasteiger partial charge < -0.3 is 20.6 Å². The maximum Gasteiger partial charge on any atom is 0.291 e. The summed E-state index contributed by atoms with van der Waals surface area (Å²) in [6.45, 7) is 8.07. The third-order valence-electron chi connectivity index (χ3n) is 6.66. The molecule has 34 heavy (non-hydrogen) atoms. The second-order valence-corrected chi connectivity index (χ2v) is 10.4. The van der Waals surface area contributed by atoms with Crippen LogP contribution >= 0.6 is 0 Å². The number of para-hydroxylation sites is 1. The van der Waals surface area contributed by atoms with Gasteiger partial charge in [-0.05, 0) is 37.3 Å². The van der Waals surface area contributed by atoms with E-state index in [1.54, 1.807) is 26.2 Å². The van der Waals surface area contributed by atoms with Crippen molar-refractivity contribution in [3.8, 4) is 5.75 Å². The number of amides is 1. The zero-order chi connectivity index (χ0) is 25.2. The molecule has 9 heteroatoms. The first-order valence-corrected chi connectivity index (χ1v) is 11.9. The number of carbonyl (C=O) groups is 1. The van der Waals surface area contributed by atoms with Gasteiger partial charge in [0.2, 0.25) is 0 Å². The molecule has 0 aliphatic heterocycles. The molecule has 9 nitrogen and oxygen atoms in total. The van der Waals surface area contributed by atoms with Crippen molar-refractivity contribution in [2.75, 3.05) is 24.7 Å². The number of benzene rings is 1. The second-order valence-electron chi connectivity index (χ2n) is 10.4. The number of H-pyrrole nitrogens is 1. The van der Waals surface area contributed by atoms with E-state index in [0.29, 0.717) is 0 Å². The molecule has 1 aliphatic rings. The van der Waals surface area contributed by atoms with E-state index in [4.69, 9.17) is 0 Å². The Morgan fingerprint density at radius 2 is 1.79 bits per heavy atom. The molecule has 1 aromatic carbocycles. The van der Waals surface area contributed by atoms with Crippen molar-refractivity contribution in [1.82, 2.24) is 14.7 Å². The lowest BCUT2D eigenvalue weighted by molar-refractivity contribution is 0.0824. The number of phenols is 1. The van der Waals surface area contributed by atoms with E-state index < -0.39 is 5.56 Å². The van der Waals surface area contributed by atoms with Gasteiger partial charge in [0.05, 0.1) is 17.3 Å². The summed E-state index contributed by atoms with van der Waals surface area (Å²) in [5, 5.41) is 19.8. The van der Waals surface area contributed by atoms with E-state index >= 15 is 0 Å². The predicted octanol–water partition coefficient (Wildman–Crippen LogP) is 4.04. The summed E-state index contributed by atoms with van der Waals surface area (Å²) in [5.41, 5.74) is -0.523. The van der Waals surface area contributed by atoms with Gasteiger partial charge in [-0.2, -0.15) is 0 Å². The van der Waals surface area contributed by atoms with Gasteiger partial charge in [-0.3, -0.25) is 19.5 Å². The Labute approximate surface area is 200 Å². The zero-order valence-electron chi connectivity index (χ0n) is 21.0. The summed E-state index contributed by atoms with van der Waals surface area (Å²) >= 11 is 0. The molecule has 0 spiro atoms. The van der Waals surface area contributed by atoms with Crippen LogP contribution in [-0.2, 0) is 0 Å². The summed E-state index contributed by atoms with van der Waals surface area (Å²) in [4.78, 5) is 40.7. The molecule has 2 aromatic rings. The zero-order valence-corrected chi connectivity index (χ0v) is 21.0. The molecular formula is C25H37N5O4. The summed E-state index contributed by atoms with van der Waals surface area (Å²) in [6, 6.07) is 4.50. The average molecular weight is 472 g/mol. The van der Waals surface area contributed by atoms with Gasteiger partial charge in [0, 0.05) is 20.1 Å². The van der Waals surface area contributed by atoms with Crippen molar-refractivity contribution in [2.45, 2.75) is 71.9 Å². The van der Waals surface area contributed by atoms with Gasteiger partial charge in [0.25, 0.3) is 17.0 Å². The fourth-order valence-electron chi connectivity index (χ4n) is 4.03. The number of rotatable bonds is 6. The van der Waals surface area contributed by atoms with Crippen molar-refractivity contribution in [2.24, 2.45) is 5.41 Å². The van der Waals surface area contributed by atoms with Gasteiger partial charge >= 0.3 is 0 Å². The monoisotopic (exact) mass is 471 g/mol. The third kappa shape index (κ3) is 5.29. The highest BCUT2D eigenvalue weighted by Crippen LogP contribution is 2.33. The minimum absolute atomic E-state index is 0.0511. The van der Waals surface area contributed by atoms with Gasteiger partial charge in [0.1, 0.15) is 11.4 Å². The average Bonchev–Trinajstić information content (AvgIpc) is 2.78. The number of anilines is 3. The van der Waals surface area contributed by atoms with Crippen molar-refractivity contribution >= 4 is 23.0 Å². The van der Waals surface area contributed by atoms with Crippen LogP contribution in [0, 0.1) is 5.41 Å². The van der Waals surface area contributed by atoms with Crippen LogP contribution in [0.15, 0.2) is 27.8 Å². The highest BCUT2D eigenvalue weighted by atomic mass is 16.3. The smallest absolute Gasteiger partial charge is 0.291 e. The van der Waals surface area contributed by atoms with Crippen LogP contribution < -0.4 is 21.8 Å². The topological polar surface area (TPSA) is 119 Å². The Hall–Kier alpha value is -3.23. The minimum atomic E-state index is -0.413. The Balaban J connectivity index is 2.14. The van der Waals surface area contributed by atoms with Crippen molar-refractivity contribution < 1.29 is 9.90 Å². The highest BCUT2D eigenvalue weighted by Gasteiger charge is 2.27. The second kappa shape index (κ2) is 9.95. The molecule has 0 bridgehead atoms. The van der Waals surface area contributed by atoms with E-state index in [1.165, 1.54) is 15.6 Å². The van der Waals surface area contributed by atoms with Crippen LogP contribution in [0.5, 0.6) is 5.75 Å². The van der Waals surface area contributed by atoms with Gasteiger partial charge in [-0.1, -0.05) is 46.1 Å². The van der Waals surface area contributed by atoms with Crippen LogP contribution in [0.3, 0.4) is 0 Å². The molecule has 1 fully saturated rings. The van der Waals surface area contributed by atoms with Crippen molar-refractivity contribution in [3.63, 3.8) is 0 Å². The first-order valence-electron chi connectivity index (χ1n) is 11.9. The lowest BCUT2D eigenvalue weighted by atomic mass is 9.88. The van der Waals surface area contributed by atoms with Gasteiger partial charge in [0.15, 0.2) is 5.75 Å². The van der Waals surface area contributed by atoms with E-state index in [1.807, 2.05) is 27.7 Å². The Morgan fingerprint density at radius 1 is 1.15 bits per heavy atom. The molecule has 1 heterocycles. The van der Waals surface area contributed by atoms with E-state index in [9.17, 15) is 19.5 Å². The van der Waals surface area contributed by atoms with Gasteiger partial charge in [-0.15, -0.1) is 0 Å². The molecule has 1 saturated carbocycles. The molecule has 3 rings (SSSR count). The van der Waals surface area contributed by atoms with E-state index in [2.05, 4.69) is 15.7 Å². The van der Waals surface area contributed by atoms with Crippen LogP contribution in [0.25, 0.3) is 0 Å². The predicted molar refractivity (Wildman–Crippen MR) is 135 cm³/mol. The molecule has 1 atom stereocenters. The van der Waals surface area contributed by atoms with Crippen LogP contribution in [0.2, 0.25) is 0 Å². The normalized spacial score (nSPS) is 15.6. The summed E-state index contributed by atoms with van der Waals surface area (Å²) in [6.07, 6.45) is 4.75. The lowest BCUT2D eigenvalue weighted by Crippen LogP contribution is -2.39. The molecule has 1 unspecified atom stereocenters. The van der Waals surface area contributed by atoms with Gasteiger partial charge in [-0.25, -0.2) is 4.68 Å². The third-order valence-corrected chi connectivity index (χ3v) is 6.66. The number of phenolic OH excluding ortho intramolecular Hbond substituents is 1. The lowest BCUT2D eigenvalue weighted by Gasteiger charge is -2.30. The maximum atomic E-state index is 13.6. The molecule has 0 radical (unpaired) electrons. The Bertz CT molecular complexity index is 1150. The van der Waals surface area contributed by atoms with Crippen LogP contribution in [0.1, 0.15) is 76.2 Å². The largest absolute Gasteiger partial charge is 0.505 e. The summed E-state index contributed by atoms with van der Waals surface area (Å²) < 4.78 is 1.42. The highest BCUT2D eigenvalue weighted by molar-refractivity contribution is 5.98. The number of hydrogen-bond acceptors (Lipinski definition) is 6. The van der Waals surface area contributed by atoms with Crippen LogP contribution in [-0.4, -0.2) is 45.8 Å². The molecule has 0 saturated heterocycles. The molecule has 186 valence electrons. The molecule has 1 aromatic heterocycles. The summed E-state index contributed by atoms with van der Waals surface area (Å²) in [7, 11) is 3.19. The van der Waals surface area contributed by atoms with E-state index in [-0.39, 0.29) is 57.3 Å². The van der Waals surface area contributed by atoms with Crippen molar-refractivity contribution in [3.05, 3.63) is 44.5 Å². The standard InChI is InChI=1S/C25H37N5O4/c1-15(25(2,3)4)26-19-20(24(34)30(28-22(19)32)16-11-8-7-9-12-16)27-18-14-10-13-17(21(18)31)23(33)29(5)6/h10,13-16,26-27,31H,7-9,11-12H2,1-6H3,(H,28,32). The Kier molecular flexibility index (Phi) is 7.43. The number of aromatic amines is 1. The minimum Gasteiger partial charge on any atom is -0.505 e. The fourth-order valence-corrected chi connectivity index (χ4v) is 4.03. The molecule has 1 aliphatic carbocycles. The summed E-state index contributed by atoms with van der Waals surface area (Å²) in [5.74, 6) is -0.647. The fraction of sp³-hybridized carbons (Fsp3) is 0.560. The molecule has 4 N–H and O–H groups in total. The van der Waals surface area contributed by atoms with Crippen molar-refractivity contribution in [1.29, 1.82) is 0 Å². The number of carbonyl (C=O) groups excluding carboxylic acids is 1. The number of aromatic nitrogens is 2. The number of nitrogens with one attached hydrogen (secondary N) is 3. The SMILES string of the molecule is CC(Nc1c(Nc2cccc(C(=O)N(C)C)c2O)c(=O)n(C2CCCCC2)[nH]c1=O)C(C)(C)C.